The van der Waals surface area contributed by atoms with E-state index in [1.54, 1.807) is 6.20 Å². The Bertz CT molecular complexity index is 307. The summed E-state index contributed by atoms with van der Waals surface area (Å²) in [6.45, 7) is 5.94. The number of rotatable bonds is 0. The summed E-state index contributed by atoms with van der Waals surface area (Å²) in [6, 6.07) is 3.97. The summed E-state index contributed by atoms with van der Waals surface area (Å²) in [6.07, 6.45) is 2.61. The molecule has 0 fully saturated rings. The van der Waals surface area contributed by atoms with Crippen molar-refractivity contribution in [2.75, 3.05) is 0 Å². The molecule has 2 atom stereocenters. The summed E-state index contributed by atoms with van der Waals surface area (Å²) in [5.41, 5.74) is 13.6. The van der Waals surface area contributed by atoms with Gasteiger partial charge >= 0.3 is 0 Å². The number of hydrogen-bond donors (Lipinski definition) is 2. The van der Waals surface area contributed by atoms with Crippen LogP contribution in [0.1, 0.15) is 32.0 Å². The zero-order valence-electron chi connectivity index (χ0n) is 9.12. The molecule has 1 aliphatic rings. The van der Waals surface area contributed by atoms with E-state index in [0.29, 0.717) is 0 Å². The molecule has 78 valence electrons. The molecule has 0 spiro atoms. The quantitative estimate of drug-likeness (QED) is 0.650. The molecule has 0 radical (unpaired) electrons. The first-order valence-electron chi connectivity index (χ1n) is 5.11. The van der Waals surface area contributed by atoms with Gasteiger partial charge in [0, 0.05) is 12.2 Å². The number of hydrogen-bond acceptors (Lipinski definition) is 3. The molecule has 0 saturated heterocycles. The normalized spacial score (nSPS) is 29.1. The summed E-state index contributed by atoms with van der Waals surface area (Å²) in [5, 5.41) is 0. The van der Waals surface area contributed by atoms with Crippen molar-refractivity contribution in [2.45, 2.75) is 38.8 Å². The van der Waals surface area contributed by atoms with Gasteiger partial charge in [-0.2, -0.15) is 0 Å². The van der Waals surface area contributed by atoms with Gasteiger partial charge in [-0.25, -0.2) is 0 Å². The monoisotopic (exact) mass is 193 g/mol. The topological polar surface area (TPSA) is 64.9 Å². The van der Waals surface area contributed by atoms with Crippen molar-refractivity contribution in [2.24, 2.45) is 11.5 Å². The van der Waals surface area contributed by atoms with Crippen molar-refractivity contribution < 1.29 is 0 Å². The van der Waals surface area contributed by atoms with Crippen molar-refractivity contribution in [3.63, 3.8) is 0 Å². The molecule has 0 aromatic carbocycles. The van der Waals surface area contributed by atoms with Crippen molar-refractivity contribution in [3.05, 3.63) is 29.6 Å². The average Bonchev–Trinajstić information content (AvgIpc) is 2.42. The summed E-state index contributed by atoms with van der Waals surface area (Å²) in [7, 11) is 0. The zero-order chi connectivity index (χ0) is 10.8. The summed E-state index contributed by atoms with van der Waals surface area (Å²) in [4.78, 5) is 4.26. The summed E-state index contributed by atoms with van der Waals surface area (Å²) < 4.78 is 0. The maximum absolute atomic E-state index is 6.05. The van der Waals surface area contributed by atoms with Crippen molar-refractivity contribution in [1.29, 1.82) is 0 Å². The first-order valence-corrected chi connectivity index (χ1v) is 5.11. The minimum absolute atomic E-state index is 0.00222. The Morgan fingerprint density at radius 3 is 2.71 bits per heavy atom. The highest BCUT2D eigenvalue weighted by molar-refractivity contribution is 5.34. The van der Waals surface area contributed by atoms with E-state index in [1.807, 2.05) is 32.9 Å². The fraction of sp³-hybridized carbons (Fsp3) is 0.545. The van der Waals surface area contributed by atoms with Gasteiger partial charge in [-0.1, -0.05) is 19.9 Å². The van der Waals surface area contributed by atoms with E-state index in [4.69, 9.17) is 11.5 Å². The van der Waals surface area contributed by atoms with Crippen LogP contribution in [0.2, 0.25) is 0 Å². The maximum atomic E-state index is 6.05. The minimum Gasteiger partial charge on any atom is -0.325 e. The fourth-order valence-corrected chi connectivity index (χ4v) is 1.71. The van der Waals surface area contributed by atoms with Gasteiger partial charge in [0.25, 0.3) is 0 Å². The number of nitrogens with two attached hydrogens (primary N) is 2. The molecule has 3 heteroatoms. The van der Waals surface area contributed by atoms with Crippen LogP contribution in [0, 0.1) is 0 Å². The van der Waals surface area contributed by atoms with Gasteiger partial charge in [0.15, 0.2) is 0 Å². The Kier molecular flexibility index (Phi) is 3.24. The van der Waals surface area contributed by atoms with Crippen molar-refractivity contribution in [3.8, 4) is 0 Å². The lowest BCUT2D eigenvalue weighted by Gasteiger charge is -2.23. The molecule has 0 aliphatic heterocycles. The molecule has 0 amide bonds. The number of aromatic nitrogens is 1. The van der Waals surface area contributed by atoms with Crippen molar-refractivity contribution in [1.82, 2.24) is 4.98 Å². The molecule has 2 rings (SSSR count). The second-order valence-corrected chi connectivity index (χ2v) is 3.60. The van der Waals surface area contributed by atoms with Crippen LogP contribution >= 0.6 is 0 Å². The van der Waals surface area contributed by atoms with E-state index in [2.05, 4.69) is 4.98 Å². The maximum Gasteiger partial charge on any atom is 0.0714 e. The van der Waals surface area contributed by atoms with Gasteiger partial charge in [-0.05, 0) is 25.0 Å². The van der Waals surface area contributed by atoms with Crippen LogP contribution in [-0.2, 0) is 12.0 Å². The third-order valence-electron chi connectivity index (χ3n) is 2.61. The molecule has 4 N–H and O–H groups in total. The molecule has 1 aromatic heterocycles. The highest BCUT2D eigenvalue weighted by atomic mass is 14.9. The van der Waals surface area contributed by atoms with Crippen molar-refractivity contribution >= 4 is 0 Å². The smallest absolute Gasteiger partial charge is 0.0714 e. The van der Waals surface area contributed by atoms with E-state index >= 15 is 0 Å². The van der Waals surface area contributed by atoms with Gasteiger partial charge in [0.1, 0.15) is 0 Å². The van der Waals surface area contributed by atoms with E-state index in [9.17, 15) is 0 Å². The van der Waals surface area contributed by atoms with E-state index < -0.39 is 5.54 Å². The fourth-order valence-electron chi connectivity index (χ4n) is 1.71. The Morgan fingerprint density at radius 1 is 1.50 bits per heavy atom. The summed E-state index contributed by atoms with van der Waals surface area (Å²) >= 11 is 0. The van der Waals surface area contributed by atoms with Gasteiger partial charge in [-0.15, -0.1) is 0 Å². The highest BCUT2D eigenvalue weighted by Crippen LogP contribution is 2.31. The first kappa shape index (κ1) is 11.1. The van der Waals surface area contributed by atoms with E-state index in [0.717, 1.165) is 12.1 Å². The second kappa shape index (κ2) is 4.07. The number of nitrogens with zero attached hydrogens (tertiary/aromatic N) is 1. The van der Waals surface area contributed by atoms with E-state index in [1.165, 1.54) is 5.56 Å². The molecule has 0 saturated carbocycles. The van der Waals surface area contributed by atoms with Crippen LogP contribution in [0.4, 0.5) is 0 Å². The second-order valence-electron chi connectivity index (χ2n) is 3.60. The largest absolute Gasteiger partial charge is 0.325 e. The minimum atomic E-state index is -0.448. The molecule has 1 aliphatic carbocycles. The molecule has 1 heterocycles. The first-order chi connectivity index (χ1) is 6.62. The lowest BCUT2D eigenvalue weighted by Crippen LogP contribution is -2.47. The van der Waals surface area contributed by atoms with Gasteiger partial charge in [-0.3, -0.25) is 4.98 Å². The Balaban J connectivity index is 0.000000461. The predicted molar refractivity (Wildman–Crippen MR) is 58.8 cm³/mol. The Labute approximate surface area is 85.5 Å². The van der Waals surface area contributed by atoms with Crippen LogP contribution in [0.5, 0.6) is 0 Å². The average molecular weight is 193 g/mol. The molecule has 1 aromatic rings. The predicted octanol–water partition coefficient (Wildman–Crippen LogP) is 1.17. The Morgan fingerprint density at radius 2 is 2.14 bits per heavy atom. The van der Waals surface area contributed by atoms with Crippen LogP contribution in [-0.4, -0.2) is 11.0 Å². The molecule has 1 unspecified atom stereocenters. The molecule has 14 heavy (non-hydrogen) atoms. The third kappa shape index (κ3) is 1.65. The highest BCUT2D eigenvalue weighted by Gasteiger charge is 2.38. The molecular weight excluding hydrogens is 174 g/mol. The van der Waals surface area contributed by atoms with E-state index in [-0.39, 0.29) is 6.04 Å². The number of fused-ring (bicyclic) bond motifs is 1. The third-order valence-corrected chi connectivity index (χ3v) is 2.61. The van der Waals surface area contributed by atoms with Crippen LogP contribution < -0.4 is 11.5 Å². The zero-order valence-corrected chi connectivity index (χ0v) is 9.12. The summed E-state index contributed by atoms with van der Waals surface area (Å²) in [5.74, 6) is 0. The van der Waals surface area contributed by atoms with Crippen LogP contribution in [0.3, 0.4) is 0 Å². The van der Waals surface area contributed by atoms with Gasteiger partial charge < -0.3 is 11.5 Å². The number of pyridine rings is 1. The van der Waals surface area contributed by atoms with Gasteiger partial charge in [0.05, 0.1) is 11.2 Å². The standard InChI is InChI=1S/C9H13N3.C2H6/c1-9(11)7(10)5-6-3-2-4-12-8(6)9;1-2/h2-4,7H,5,10-11H2,1H3;1-2H3/t7-,9?;/m1./s1. The molecule has 0 bridgehead atoms. The van der Waals surface area contributed by atoms with Gasteiger partial charge in [0.2, 0.25) is 0 Å². The molecule has 3 nitrogen and oxygen atoms in total. The lowest BCUT2D eigenvalue weighted by molar-refractivity contribution is 0.412. The Hall–Kier alpha value is -0.930. The molecular formula is C11H19N3. The SMILES string of the molecule is CC.CC1(N)c2ncccc2C[C@H]1N. The van der Waals surface area contributed by atoms with Crippen LogP contribution in [0.15, 0.2) is 18.3 Å². The lowest BCUT2D eigenvalue weighted by atomic mass is 9.97. The van der Waals surface area contributed by atoms with Crippen LogP contribution in [0.25, 0.3) is 0 Å².